The Morgan fingerprint density at radius 3 is 3.13 bits per heavy atom. The largest absolute Gasteiger partial charge is 0.382 e. The van der Waals surface area contributed by atoms with Gasteiger partial charge in [0, 0.05) is 12.6 Å². The van der Waals surface area contributed by atoms with Gasteiger partial charge in [-0.15, -0.1) is 0 Å². The number of hydrogen-bond acceptors (Lipinski definition) is 4. The number of nitrogens with two attached hydrogens (primary N) is 1. The number of carbonyl (C=O) groups is 1. The molecule has 0 fully saturated rings. The van der Waals surface area contributed by atoms with Crippen LogP contribution in [0.2, 0.25) is 0 Å². The van der Waals surface area contributed by atoms with Gasteiger partial charge >= 0.3 is 0 Å². The van der Waals surface area contributed by atoms with E-state index in [1.165, 1.54) is 6.07 Å². The van der Waals surface area contributed by atoms with Crippen molar-refractivity contribution in [2.75, 3.05) is 5.73 Å². The fourth-order valence-corrected chi connectivity index (χ4v) is 1.79. The van der Waals surface area contributed by atoms with E-state index in [1.54, 1.807) is 11.3 Å². The maximum absolute atomic E-state index is 11.5. The molecule has 4 N–H and O–H groups in total. The van der Waals surface area contributed by atoms with Crippen LogP contribution in [0.15, 0.2) is 22.9 Å². The lowest BCUT2D eigenvalue weighted by Gasteiger charge is -2.00. The van der Waals surface area contributed by atoms with E-state index in [2.05, 4.69) is 15.5 Å². The Bertz CT molecular complexity index is 448. The molecule has 0 aliphatic heterocycles. The number of aromatic nitrogens is 2. The molecule has 0 aliphatic carbocycles. The van der Waals surface area contributed by atoms with E-state index in [0.29, 0.717) is 18.1 Å². The molecule has 6 heteroatoms. The zero-order chi connectivity index (χ0) is 10.7. The van der Waals surface area contributed by atoms with Crippen molar-refractivity contribution < 1.29 is 4.79 Å². The van der Waals surface area contributed by atoms with E-state index in [4.69, 9.17) is 5.73 Å². The molecule has 2 aromatic heterocycles. The standard InChI is InChI=1S/C9H10N4OS/c10-8-3-7(12-13-8)9(14)11-4-6-1-2-15-5-6/h1-3,5H,4H2,(H,11,14)(H3,10,12,13). The molecule has 2 heterocycles. The molecule has 15 heavy (non-hydrogen) atoms. The summed E-state index contributed by atoms with van der Waals surface area (Å²) in [7, 11) is 0. The normalized spacial score (nSPS) is 10.1. The van der Waals surface area contributed by atoms with E-state index in [0.717, 1.165) is 5.56 Å². The number of carbonyl (C=O) groups excluding carboxylic acids is 1. The van der Waals surface area contributed by atoms with Crippen molar-refractivity contribution in [3.63, 3.8) is 0 Å². The number of aromatic amines is 1. The smallest absolute Gasteiger partial charge is 0.269 e. The number of hydrogen-bond donors (Lipinski definition) is 3. The second kappa shape index (κ2) is 4.14. The Hall–Kier alpha value is -1.82. The molecule has 5 nitrogen and oxygen atoms in total. The van der Waals surface area contributed by atoms with Crippen molar-refractivity contribution in [2.45, 2.75) is 6.54 Å². The predicted octanol–water partition coefficient (Wildman–Crippen LogP) is 0.983. The van der Waals surface area contributed by atoms with Crippen LogP contribution in [0.5, 0.6) is 0 Å². The van der Waals surface area contributed by atoms with E-state index in [-0.39, 0.29) is 5.91 Å². The van der Waals surface area contributed by atoms with Gasteiger partial charge in [0.1, 0.15) is 11.5 Å². The van der Waals surface area contributed by atoms with Crippen LogP contribution in [-0.2, 0) is 6.54 Å². The number of anilines is 1. The molecule has 2 rings (SSSR count). The zero-order valence-corrected chi connectivity index (χ0v) is 8.67. The van der Waals surface area contributed by atoms with Crippen LogP contribution in [0.25, 0.3) is 0 Å². The lowest BCUT2D eigenvalue weighted by Crippen LogP contribution is -2.22. The molecule has 0 spiro atoms. The fourth-order valence-electron chi connectivity index (χ4n) is 1.12. The van der Waals surface area contributed by atoms with Gasteiger partial charge in [0.2, 0.25) is 0 Å². The topological polar surface area (TPSA) is 83.8 Å². The summed E-state index contributed by atoms with van der Waals surface area (Å²) in [4.78, 5) is 11.5. The molecule has 1 amide bonds. The molecule has 0 bridgehead atoms. The fraction of sp³-hybridized carbons (Fsp3) is 0.111. The van der Waals surface area contributed by atoms with Gasteiger partial charge in [0.25, 0.3) is 5.91 Å². The molecule has 0 saturated carbocycles. The van der Waals surface area contributed by atoms with E-state index in [1.807, 2.05) is 16.8 Å². The highest BCUT2D eigenvalue weighted by atomic mass is 32.1. The number of rotatable bonds is 3. The maximum Gasteiger partial charge on any atom is 0.269 e. The first-order valence-corrected chi connectivity index (χ1v) is 5.30. The Balaban J connectivity index is 1.93. The summed E-state index contributed by atoms with van der Waals surface area (Å²) in [5.74, 6) is 0.112. The lowest BCUT2D eigenvalue weighted by molar-refractivity contribution is 0.0946. The molecular formula is C9H10N4OS. The third-order valence-corrected chi connectivity index (χ3v) is 2.61. The Morgan fingerprint density at radius 1 is 1.67 bits per heavy atom. The van der Waals surface area contributed by atoms with Gasteiger partial charge in [-0.3, -0.25) is 9.89 Å². The van der Waals surface area contributed by atoms with E-state index >= 15 is 0 Å². The summed E-state index contributed by atoms with van der Waals surface area (Å²) in [6.45, 7) is 0.515. The van der Waals surface area contributed by atoms with Crippen LogP contribution >= 0.6 is 11.3 Å². The summed E-state index contributed by atoms with van der Waals surface area (Å²) in [6, 6.07) is 3.47. The van der Waals surface area contributed by atoms with Crippen LogP contribution in [0.1, 0.15) is 16.1 Å². The molecule has 0 unspecified atom stereocenters. The second-order valence-corrected chi connectivity index (χ2v) is 3.80. The number of nitrogens with one attached hydrogen (secondary N) is 2. The molecule has 0 aliphatic rings. The van der Waals surface area contributed by atoms with Gasteiger partial charge < -0.3 is 11.1 Å². The first-order valence-electron chi connectivity index (χ1n) is 4.36. The molecular weight excluding hydrogens is 212 g/mol. The summed E-state index contributed by atoms with van der Waals surface area (Å²) in [6.07, 6.45) is 0. The minimum absolute atomic E-state index is 0.203. The van der Waals surface area contributed by atoms with Crippen molar-refractivity contribution in [2.24, 2.45) is 0 Å². The molecule has 2 aromatic rings. The SMILES string of the molecule is Nc1cc(C(=O)NCc2ccsc2)[nH]n1. The number of thiophene rings is 1. The second-order valence-electron chi connectivity index (χ2n) is 3.02. The molecule has 0 aromatic carbocycles. The highest BCUT2D eigenvalue weighted by molar-refractivity contribution is 7.07. The van der Waals surface area contributed by atoms with Crippen LogP contribution in [0, 0.1) is 0 Å². The molecule has 0 atom stereocenters. The monoisotopic (exact) mass is 222 g/mol. The molecule has 78 valence electrons. The first kappa shape index (κ1) is 9.72. The lowest BCUT2D eigenvalue weighted by atomic mass is 10.3. The maximum atomic E-state index is 11.5. The number of nitrogens with zero attached hydrogens (tertiary/aromatic N) is 1. The van der Waals surface area contributed by atoms with Crippen molar-refractivity contribution >= 4 is 23.1 Å². The van der Waals surface area contributed by atoms with Gasteiger partial charge in [0.15, 0.2) is 0 Å². The van der Waals surface area contributed by atoms with Crippen LogP contribution in [0.4, 0.5) is 5.82 Å². The minimum atomic E-state index is -0.203. The highest BCUT2D eigenvalue weighted by Gasteiger charge is 2.07. The third-order valence-electron chi connectivity index (χ3n) is 1.88. The molecule has 0 radical (unpaired) electrons. The third kappa shape index (κ3) is 2.35. The average Bonchev–Trinajstić information content (AvgIpc) is 2.84. The van der Waals surface area contributed by atoms with Crippen molar-refractivity contribution in [1.82, 2.24) is 15.5 Å². The van der Waals surface area contributed by atoms with E-state index in [9.17, 15) is 4.79 Å². The quantitative estimate of drug-likeness (QED) is 0.724. The first-order chi connectivity index (χ1) is 7.25. The van der Waals surface area contributed by atoms with Gasteiger partial charge in [-0.2, -0.15) is 16.4 Å². The summed E-state index contributed by atoms with van der Waals surface area (Å²) < 4.78 is 0. The highest BCUT2D eigenvalue weighted by Crippen LogP contribution is 2.06. The van der Waals surface area contributed by atoms with Crippen LogP contribution in [-0.4, -0.2) is 16.1 Å². The Labute approximate surface area is 90.3 Å². The summed E-state index contributed by atoms with van der Waals surface area (Å²) in [5.41, 5.74) is 6.85. The number of amides is 1. The van der Waals surface area contributed by atoms with Gasteiger partial charge in [-0.1, -0.05) is 0 Å². The average molecular weight is 222 g/mol. The van der Waals surface area contributed by atoms with Gasteiger partial charge in [0.05, 0.1) is 0 Å². The van der Waals surface area contributed by atoms with Crippen molar-refractivity contribution in [1.29, 1.82) is 0 Å². The number of H-pyrrole nitrogens is 1. The summed E-state index contributed by atoms with van der Waals surface area (Å²) >= 11 is 1.60. The zero-order valence-electron chi connectivity index (χ0n) is 7.86. The predicted molar refractivity (Wildman–Crippen MR) is 58.5 cm³/mol. The van der Waals surface area contributed by atoms with Crippen LogP contribution < -0.4 is 11.1 Å². The Morgan fingerprint density at radius 2 is 2.53 bits per heavy atom. The van der Waals surface area contributed by atoms with Gasteiger partial charge in [-0.25, -0.2) is 0 Å². The Kier molecular flexibility index (Phi) is 2.68. The minimum Gasteiger partial charge on any atom is -0.382 e. The molecule has 0 saturated heterocycles. The van der Waals surface area contributed by atoms with Crippen molar-refractivity contribution in [3.8, 4) is 0 Å². The van der Waals surface area contributed by atoms with E-state index < -0.39 is 0 Å². The summed E-state index contributed by atoms with van der Waals surface area (Å²) in [5, 5.41) is 12.9. The number of nitrogen functional groups attached to an aromatic ring is 1. The van der Waals surface area contributed by atoms with Crippen LogP contribution in [0.3, 0.4) is 0 Å². The van der Waals surface area contributed by atoms with Gasteiger partial charge in [-0.05, 0) is 22.4 Å². The van der Waals surface area contributed by atoms with Crippen molar-refractivity contribution in [3.05, 3.63) is 34.2 Å².